The molecule has 2 N–H and O–H groups in total. The summed E-state index contributed by atoms with van der Waals surface area (Å²) in [6.45, 7) is 1.77. The minimum atomic E-state index is -0.967. The van der Waals surface area contributed by atoms with Gasteiger partial charge in [-0.25, -0.2) is 0 Å². The van der Waals surface area contributed by atoms with Crippen LogP contribution in [0.3, 0.4) is 0 Å². The largest absolute Gasteiger partial charge is 0.504 e. The molecule has 3 aliphatic carbocycles. The molecule has 1 spiro atoms. The molecule has 2 aliphatic heterocycles. The number of likely N-dealkylation sites (tertiary alicyclic amines) is 1. The zero-order valence-electron chi connectivity index (χ0n) is 14.0. The number of allylic oxidation sites excluding steroid dienone is 1. The molecule has 1 aromatic rings. The second kappa shape index (κ2) is 4.27. The van der Waals surface area contributed by atoms with Crippen LogP contribution in [-0.4, -0.2) is 51.7 Å². The second-order valence-corrected chi connectivity index (χ2v) is 8.31. The van der Waals surface area contributed by atoms with Gasteiger partial charge in [-0.05, 0) is 37.3 Å². The van der Waals surface area contributed by atoms with Crippen molar-refractivity contribution in [1.29, 1.82) is 0 Å². The van der Waals surface area contributed by atoms with Crippen LogP contribution >= 0.6 is 0 Å². The summed E-state index contributed by atoms with van der Waals surface area (Å²) in [6, 6.07) is 3.62. The fourth-order valence-electron chi connectivity index (χ4n) is 6.06. The van der Waals surface area contributed by atoms with Crippen LogP contribution in [0.1, 0.15) is 36.8 Å². The molecule has 5 aliphatic rings. The average molecular weight is 339 g/mol. The number of aliphatic hydroxyl groups is 1. The summed E-state index contributed by atoms with van der Waals surface area (Å²) < 4.78 is 6.03. The van der Waals surface area contributed by atoms with E-state index in [4.69, 9.17) is 4.74 Å². The van der Waals surface area contributed by atoms with Gasteiger partial charge in [0, 0.05) is 31.1 Å². The van der Waals surface area contributed by atoms with Crippen molar-refractivity contribution in [1.82, 2.24) is 4.90 Å². The predicted molar refractivity (Wildman–Crippen MR) is 89.8 cm³/mol. The summed E-state index contributed by atoms with van der Waals surface area (Å²) in [5.74, 6) is 0.583. The van der Waals surface area contributed by atoms with Gasteiger partial charge in [-0.2, -0.15) is 0 Å². The first-order chi connectivity index (χ1) is 12.0. The third kappa shape index (κ3) is 1.51. The average Bonchev–Trinajstić information content (AvgIpc) is 3.32. The Morgan fingerprint density at radius 2 is 2.16 bits per heavy atom. The van der Waals surface area contributed by atoms with E-state index in [9.17, 15) is 15.0 Å². The number of ketones is 1. The van der Waals surface area contributed by atoms with Crippen LogP contribution in [0.25, 0.3) is 0 Å². The molecule has 25 heavy (non-hydrogen) atoms. The molecule has 4 unspecified atom stereocenters. The minimum Gasteiger partial charge on any atom is -0.504 e. The van der Waals surface area contributed by atoms with Crippen LogP contribution in [0.2, 0.25) is 0 Å². The molecule has 2 bridgehead atoms. The van der Waals surface area contributed by atoms with Crippen molar-refractivity contribution < 1.29 is 19.7 Å². The van der Waals surface area contributed by atoms with Crippen molar-refractivity contribution in [3.8, 4) is 11.5 Å². The van der Waals surface area contributed by atoms with Crippen molar-refractivity contribution in [2.75, 3.05) is 13.1 Å². The summed E-state index contributed by atoms with van der Waals surface area (Å²) in [4.78, 5) is 15.1. The SMILES string of the molecule is O=C1CCC2(O)C3Cc4ccc(O)c5c4C2(CCN3CC2=CC2)C1O5. The van der Waals surface area contributed by atoms with Crippen LogP contribution in [0.4, 0.5) is 0 Å². The number of carbonyl (C=O) groups is 1. The first-order valence-electron chi connectivity index (χ1n) is 9.24. The van der Waals surface area contributed by atoms with Crippen LogP contribution in [0.5, 0.6) is 11.5 Å². The van der Waals surface area contributed by atoms with Crippen molar-refractivity contribution in [3.05, 3.63) is 34.9 Å². The third-order valence-electron chi connectivity index (χ3n) is 7.27. The van der Waals surface area contributed by atoms with Crippen molar-refractivity contribution in [2.45, 2.75) is 55.3 Å². The number of piperidine rings is 1. The van der Waals surface area contributed by atoms with E-state index in [2.05, 4.69) is 11.0 Å². The molecule has 4 atom stereocenters. The Labute approximate surface area is 145 Å². The highest BCUT2D eigenvalue weighted by Crippen LogP contribution is 2.64. The number of carbonyl (C=O) groups excluding carboxylic acids is 1. The summed E-state index contributed by atoms with van der Waals surface area (Å²) in [5, 5.41) is 22.3. The number of phenolic OH excluding ortho intramolecular Hbond substituents is 1. The van der Waals surface area contributed by atoms with E-state index in [1.807, 2.05) is 6.07 Å². The van der Waals surface area contributed by atoms with Gasteiger partial charge in [0.25, 0.3) is 0 Å². The number of phenols is 1. The first kappa shape index (κ1) is 14.3. The molecule has 5 heteroatoms. The van der Waals surface area contributed by atoms with Crippen molar-refractivity contribution in [2.24, 2.45) is 0 Å². The Morgan fingerprint density at radius 3 is 2.96 bits per heavy atom. The lowest BCUT2D eigenvalue weighted by Gasteiger charge is -2.62. The van der Waals surface area contributed by atoms with Gasteiger partial charge < -0.3 is 14.9 Å². The van der Waals surface area contributed by atoms with Crippen LogP contribution in [0.15, 0.2) is 23.8 Å². The number of hydrogen-bond acceptors (Lipinski definition) is 5. The zero-order valence-corrected chi connectivity index (χ0v) is 14.0. The third-order valence-corrected chi connectivity index (χ3v) is 7.27. The van der Waals surface area contributed by atoms with Crippen LogP contribution in [-0.2, 0) is 16.6 Å². The Morgan fingerprint density at radius 1 is 1.32 bits per heavy atom. The standard InChI is InChI=1S/C20H21NO4/c22-13-4-3-12-9-15-20(24)6-5-14(23)18-19(20,16(12)17(13)25-18)7-8-21(15)10-11-1-2-11/h1,3-4,15,18,22,24H,2,5-10H2. The molecule has 0 aromatic heterocycles. The van der Waals surface area contributed by atoms with Gasteiger partial charge in [0.15, 0.2) is 23.4 Å². The predicted octanol–water partition coefficient (Wildman–Crippen LogP) is 1.45. The first-order valence-corrected chi connectivity index (χ1v) is 9.24. The molecule has 2 heterocycles. The Bertz CT molecular complexity index is 861. The Hall–Kier alpha value is -1.85. The van der Waals surface area contributed by atoms with E-state index < -0.39 is 17.1 Å². The normalized spacial score (nSPS) is 40.4. The monoisotopic (exact) mass is 339 g/mol. The molecular formula is C20H21NO4. The van der Waals surface area contributed by atoms with Crippen LogP contribution in [0, 0.1) is 0 Å². The van der Waals surface area contributed by atoms with E-state index in [-0.39, 0.29) is 17.6 Å². The van der Waals surface area contributed by atoms with Gasteiger partial charge in [-0.15, -0.1) is 0 Å². The number of ether oxygens (including phenoxy) is 1. The maximum Gasteiger partial charge on any atom is 0.174 e. The zero-order chi connectivity index (χ0) is 17.0. The van der Waals surface area contributed by atoms with Gasteiger partial charge in [0.1, 0.15) is 0 Å². The summed E-state index contributed by atoms with van der Waals surface area (Å²) in [7, 11) is 0. The van der Waals surface area contributed by atoms with Crippen LogP contribution < -0.4 is 4.74 Å². The molecule has 2 fully saturated rings. The molecule has 0 radical (unpaired) electrons. The van der Waals surface area contributed by atoms with Gasteiger partial charge in [-0.1, -0.05) is 17.7 Å². The second-order valence-electron chi connectivity index (χ2n) is 8.31. The molecular weight excluding hydrogens is 318 g/mol. The molecule has 6 rings (SSSR count). The van der Waals surface area contributed by atoms with E-state index >= 15 is 0 Å². The van der Waals surface area contributed by atoms with E-state index in [1.165, 1.54) is 5.57 Å². The highest BCUT2D eigenvalue weighted by molar-refractivity contribution is 5.90. The lowest BCUT2D eigenvalue weighted by atomic mass is 9.49. The number of rotatable bonds is 2. The number of benzene rings is 1. The number of Topliss-reactive ketones (excluding diaryl/α,β-unsaturated/α-hetero) is 1. The number of aromatic hydroxyl groups is 1. The quantitative estimate of drug-likeness (QED) is 0.798. The maximum atomic E-state index is 12.7. The van der Waals surface area contributed by atoms with Crippen molar-refractivity contribution >= 4 is 5.78 Å². The fraction of sp³-hybridized carbons (Fsp3) is 0.550. The van der Waals surface area contributed by atoms with Crippen molar-refractivity contribution in [3.63, 3.8) is 0 Å². The molecule has 0 amide bonds. The highest BCUT2D eigenvalue weighted by atomic mass is 16.5. The highest BCUT2D eigenvalue weighted by Gasteiger charge is 2.73. The van der Waals surface area contributed by atoms with Gasteiger partial charge >= 0.3 is 0 Å². The summed E-state index contributed by atoms with van der Waals surface area (Å²) in [5.41, 5.74) is 1.82. The number of hydrogen-bond donors (Lipinski definition) is 2. The Balaban J connectivity index is 1.59. The van der Waals surface area contributed by atoms with E-state index in [1.54, 1.807) is 6.07 Å². The summed E-state index contributed by atoms with van der Waals surface area (Å²) in [6.07, 6.45) is 4.96. The number of nitrogens with zero attached hydrogens (tertiary/aromatic N) is 1. The van der Waals surface area contributed by atoms with Gasteiger partial charge in [0.05, 0.1) is 11.0 Å². The lowest BCUT2D eigenvalue weighted by molar-refractivity contribution is -0.187. The molecule has 1 saturated carbocycles. The smallest absolute Gasteiger partial charge is 0.174 e. The topological polar surface area (TPSA) is 70.0 Å². The molecule has 1 saturated heterocycles. The lowest BCUT2D eigenvalue weighted by Crippen LogP contribution is -2.76. The maximum absolute atomic E-state index is 12.7. The molecule has 1 aromatic carbocycles. The fourth-order valence-corrected chi connectivity index (χ4v) is 6.06. The molecule has 130 valence electrons. The summed E-state index contributed by atoms with van der Waals surface area (Å²) >= 11 is 0. The van der Waals surface area contributed by atoms with Gasteiger partial charge in [0.2, 0.25) is 0 Å². The van der Waals surface area contributed by atoms with Gasteiger partial charge in [-0.3, -0.25) is 9.69 Å². The molecule has 5 nitrogen and oxygen atoms in total. The minimum absolute atomic E-state index is 0.00458. The van der Waals surface area contributed by atoms with E-state index in [0.29, 0.717) is 25.0 Å². The Kier molecular flexibility index (Phi) is 2.45. The van der Waals surface area contributed by atoms with E-state index in [0.717, 1.165) is 37.1 Å².